The number of carbonyl (C=O) groups is 1. The van der Waals surface area contributed by atoms with Gasteiger partial charge < -0.3 is 14.8 Å². The van der Waals surface area contributed by atoms with Crippen molar-refractivity contribution in [3.63, 3.8) is 0 Å². The number of ether oxygens (including phenoxy) is 2. The molecule has 19 heavy (non-hydrogen) atoms. The second-order valence-electron chi connectivity index (χ2n) is 5.36. The van der Waals surface area contributed by atoms with E-state index in [2.05, 4.69) is 12.2 Å². The lowest BCUT2D eigenvalue weighted by molar-refractivity contribution is -0.151. The van der Waals surface area contributed by atoms with Gasteiger partial charge in [0.05, 0.1) is 25.1 Å². The van der Waals surface area contributed by atoms with Crippen LogP contribution in [-0.2, 0) is 14.3 Å². The topological polar surface area (TPSA) is 47.6 Å². The van der Waals surface area contributed by atoms with Crippen molar-refractivity contribution in [3.8, 4) is 0 Å². The first kappa shape index (κ1) is 15.1. The van der Waals surface area contributed by atoms with Gasteiger partial charge >= 0.3 is 5.97 Å². The molecule has 2 aliphatic rings. The summed E-state index contributed by atoms with van der Waals surface area (Å²) in [6.07, 6.45) is 3.31. The van der Waals surface area contributed by atoms with Crippen LogP contribution in [0.5, 0.6) is 0 Å². The van der Waals surface area contributed by atoms with Crippen LogP contribution in [0.1, 0.15) is 33.1 Å². The van der Waals surface area contributed by atoms with Crippen molar-refractivity contribution in [3.05, 3.63) is 0 Å². The zero-order valence-corrected chi connectivity index (χ0v) is 12.8. The molecule has 0 radical (unpaired) electrons. The minimum atomic E-state index is -0.466. The highest BCUT2D eigenvalue weighted by Crippen LogP contribution is 2.43. The predicted octanol–water partition coefficient (Wildman–Crippen LogP) is 1.83. The van der Waals surface area contributed by atoms with Crippen molar-refractivity contribution < 1.29 is 14.3 Å². The molecule has 1 aliphatic heterocycles. The third-order valence-corrected chi connectivity index (χ3v) is 5.12. The van der Waals surface area contributed by atoms with E-state index in [1.54, 1.807) is 0 Å². The van der Waals surface area contributed by atoms with Gasteiger partial charge in [0.2, 0.25) is 0 Å². The Morgan fingerprint density at radius 3 is 2.63 bits per heavy atom. The first-order valence-corrected chi connectivity index (χ1v) is 8.39. The van der Waals surface area contributed by atoms with E-state index in [-0.39, 0.29) is 5.97 Å². The fourth-order valence-electron chi connectivity index (χ4n) is 2.35. The Morgan fingerprint density at radius 2 is 2.16 bits per heavy atom. The van der Waals surface area contributed by atoms with Gasteiger partial charge in [-0.1, -0.05) is 6.92 Å². The maximum absolute atomic E-state index is 12.4. The third-order valence-electron chi connectivity index (χ3n) is 3.76. The van der Waals surface area contributed by atoms with E-state index in [4.69, 9.17) is 9.47 Å². The molecule has 0 aromatic rings. The van der Waals surface area contributed by atoms with Crippen LogP contribution < -0.4 is 5.32 Å². The summed E-state index contributed by atoms with van der Waals surface area (Å²) in [5, 5.41) is 4.05. The van der Waals surface area contributed by atoms with E-state index >= 15 is 0 Å². The zero-order chi connectivity index (χ0) is 13.7. The summed E-state index contributed by atoms with van der Waals surface area (Å²) in [6, 6.07) is 0. The normalized spacial score (nSPS) is 22.6. The Morgan fingerprint density at radius 1 is 1.42 bits per heavy atom. The lowest BCUT2D eigenvalue weighted by Crippen LogP contribution is -2.58. The standard InChI is InChI=1S/C14H25NO3S/c1-3-7-15-14(11-5-6-11,13(16)18-4-2)10-19-12-8-17-9-12/h11-12,15H,3-10H2,1-2H3. The highest BCUT2D eigenvalue weighted by atomic mass is 32.2. The monoisotopic (exact) mass is 287 g/mol. The molecule has 0 amide bonds. The van der Waals surface area contributed by atoms with Crippen LogP contribution in [0.4, 0.5) is 0 Å². The Bertz CT molecular complexity index is 305. The highest BCUT2D eigenvalue weighted by Gasteiger charge is 2.52. The molecule has 1 N–H and O–H groups in total. The summed E-state index contributed by atoms with van der Waals surface area (Å²) in [4.78, 5) is 12.4. The summed E-state index contributed by atoms with van der Waals surface area (Å²) in [5.74, 6) is 1.20. The van der Waals surface area contributed by atoms with Crippen LogP contribution in [0, 0.1) is 5.92 Å². The van der Waals surface area contributed by atoms with Crippen LogP contribution >= 0.6 is 11.8 Å². The molecule has 4 nitrogen and oxygen atoms in total. The second kappa shape index (κ2) is 6.95. The summed E-state index contributed by atoms with van der Waals surface area (Å²) >= 11 is 1.85. The largest absolute Gasteiger partial charge is 0.465 e. The lowest BCUT2D eigenvalue weighted by Gasteiger charge is -2.35. The fourth-order valence-corrected chi connectivity index (χ4v) is 3.69. The van der Waals surface area contributed by atoms with E-state index in [0.717, 1.165) is 44.8 Å². The smallest absolute Gasteiger partial charge is 0.327 e. The minimum Gasteiger partial charge on any atom is -0.465 e. The number of hydrogen-bond donors (Lipinski definition) is 1. The van der Waals surface area contributed by atoms with Gasteiger partial charge in [-0.15, -0.1) is 0 Å². The van der Waals surface area contributed by atoms with E-state index in [1.165, 1.54) is 0 Å². The summed E-state index contributed by atoms with van der Waals surface area (Å²) in [5.41, 5.74) is -0.466. The molecule has 2 fully saturated rings. The van der Waals surface area contributed by atoms with Crippen LogP contribution in [0.2, 0.25) is 0 Å². The molecule has 0 aromatic heterocycles. The van der Waals surface area contributed by atoms with Gasteiger partial charge in [-0.25, -0.2) is 0 Å². The fraction of sp³-hybridized carbons (Fsp3) is 0.929. The molecule has 1 aliphatic carbocycles. The van der Waals surface area contributed by atoms with Gasteiger partial charge in [-0.3, -0.25) is 4.79 Å². The minimum absolute atomic E-state index is 0.0568. The molecule has 1 saturated heterocycles. The van der Waals surface area contributed by atoms with Crippen LogP contribution in [0.3, 0.4) is 0 Å². The average molecular weight is 287 g/mol. The number of nitrogens with one attached hydrogen (secondary N) is 1. The molecule has 110 valence electrons. The molecule has 1 heterocycles. The van der Waals surface area contributed by atoms with Gasteiger partial charge in [-0.05, 0) is 38.6 Å². The van der Waals surface area contributed by atoms with Crippen LogP contribution in [0.25, 0.3) is 0 Å². The number of rotatable bonds is 9. The van der Waals surface area contributed by atoms with Crippen molar-refractivity contribution in [2.75, 3.05) is 32.1 Å². The van der Waals surface area contributed by atoms with Gasteiger partial charge in [0.15, 0.2) is 0 Å². The number of esters is 1. The summed E-state index contributed by atoms with van der Waals surface area (Å²) in [7, 11) is 0. The maximum atomic E-state index is 12.4. The molecule has 1 saturated carbocycles. The SMILES string of the molecule is CCCNC(CSC1COC1)(C(=O)OCC)C1CC1. The van der Waals surface area contributed by atoms with Crippen molar-refractivity contribution in [1.29, 1.82) is 0 Å². The van der Waals surface area contributed by atoms with Gasteiger partial charge in [-0.2, -0.15) is 11.8 Å². The Hall–Kier alpha value is -0.260. The molecule has 0 aromatic carbocycles. The molecule has 2 rings (SSSR count). The molecule has 0 bridgehead atoms. The van der Waals surface area contributed by atoms with E-state index in [0.29, 0.717) is 17.8 Å². The average Bonchev–Trinajstić information content (AvgIpc) is 3.16. The van der Waals surface area contributed by atoms with Crippen molar-refractivity contribution in [2.45, 2.75) is 43.9 Å². The van der Waals surface area contributed by atoms with Crippen LogP contribution in [0.15, 0.2) is 0 Å². The van der Waals surface area contributed by atoms with Crippen molar-refractivity contribution >= 4 is 17.7 Å². The van der Waals surface area contributed by atoms with E-state index in [9.17, 15) is 4.79 Å². The molecule has 5 heteroatoms. The molecule has 1 atom stereocenters. The lowest BCUT2D eigenvalue weighted by atomic mass is 9.95. The molecule has 1 unspecified atom stereocenters. The van der Waals surface area contributed by atoms with Crippen LogP contribution in [-0.4, -0.2) is 48.9 Å². The predicted molar refractivity (Wildman–Crippen MR) is 77.4 cm³/mol. The zero-order valence-electron chi connectivity index (χ0n) is 11.9. The van der Waals surface area contributed by atoms with Crippen molar-refractivity contribution in [1.82, 2.24) is 5.32 Å². The Labute approximate surface area is 120 Å². The van der Waals surface area contributed by atoms with Crippen molar-refractivity contribution in [2.24, 2.45) is 5.92 Å². The Kier molecular flexibility index (Phi) is 5.54. The van der Waals surface area contributed by atoms with Gasteiger partial charge in [0, 0.05) is 5.75 Å². The Balaban J connectivity index is 2.00. The first-order valence-electron chi connectivity index (χ1n) is 7.34. The van der Waals surface area contributed by atoms with E-state index in [1.807, 2.05) is 18.7 Å². The molecule has 0 spiro atoms. The molecular formula is C14H25NO3S. The number of thioether (sulfide) groups is 1. The maximum Gasteiger partial charge on any atom is 0.327 e. The second-order valence-corrected chi connectivity index (χ2v) is 6.65. The number of hydrogen-bond acceptors (Lipinski definition) is 5. The van der Waals surface area contributed by atoms with Gasteiger partial charge in [0.1, 0.15) is 5.54 Å². The van der Waals surface area contributed by atoms with E-state index < -0.39 is 5.54 Å². The molecular weight excluding hydrogens is 262 g/mol. The summed E-state index contributed by atoms with van der Waals surface area (Å²) in [6.45, 7) is 6.98. The number of carbonyl (C=O) groups excluding carboxylic acids is 1. The third kappa shape index (κ3) is 3.64. The van der Waals surface area contributed by atoms with Gasteiger partial charge in [0.25, 0.3) is 0 Å². The quantitative estimate of drug-likeness (QED) is 0.656. The highest BCUT2D eigenvalue weighted by molar-refractivity contribution is 8.00. The first-order chi connectivity index (χ1) is 9.23. The summed E-state index contributed by atoms with van der Waals surface area (Å²) < 4.78 is 10.6.